The Balaban J connectivity index is 1.81. The van der Waals surface area contributed by atoms with Gasteiger partial charge in [-0.3, -0.25) is 0 Å². The highest BCUT2D eigenvalue weighted by atomic mass is 16.5. The van der Waals surface area contributed by atoms with Crippen LogP contribution in [0.4, 0.5) is 4.79 Å². The Morgan fingerprint density at radius 2 is 1.73 bits per heavy atom. The van der Waals surface area contributed by atoms with Gasteiger partial charge in [-0.2, -0.15) is 0 Å². The fourth-order valence-electron chi connectivity index (χ4n) is 2.01. The van der Waals surface area contributed by atoms with Crippen LogP contribution in [-0.2, 0) is 17.8 Å². The molecule has 0 radical (unpaired) electrons. The van der Waals surface area contributed by atoms with Crippen molar-refractivity contribution < 1.29 is 19.7 Å². The van der Waals surface area contributed by atoms with E-state index in [-0.39, 0.29) is 19.0 Å². The summed E-state index contributed by atoms with van der Waals surface area (Å²) in [6.45, 7) is -0.00859. The van der Waals surface area contributed by atoms with Gasteiger partial charge in [-0.25, -0.2) is 4.79 Å². The Morgan fingerprint density at radius 1 is 1.05 bits per heavy atom. The molecule has 5 heteroatoms. The number of benzene rings is 2. The van der Waals surface area contributed by atoms with Crippen molar-refractivity contribution in [2.45, 2.75) is 19.1 Å². The minimum Gasteiger partial charge on any atom is -0.508 e. The average Bonchev–Trinajstić information content (AvgIpc) is 2.55. The van der Waals surface area contributed by atoms with Crippen LogP contribution in [0.5, 0.6) is 5.75 Å². The molecular formula is C17H19NO4. The lowest BCUT2D eigenvalue weighted by Crippen LogP contribution is -2.39. The van der Waals surface area contributed by atoms with Crippen LogP contribution >= 0.6 is 0 Å². The predicted octanol–water partition coefficient (Wildman–Crippen LogP) is 2.22. The molecule has 1 amide bonds. The lowest BCUT2D eigenvalue weighted by Gasteiger charge is -2.16. The van der Waals surface area contributed by atoms with Crippen molar-refractivity contribution in [2.75, 3.05) is 6.61 Å². The van der Waals surface area contributed by atoms with Crippen molar-refractivity contribution in [3.05, 3.63) is 65.7 Å². The summed E-state index contributed by atoms with van der Waals surface area (Å²) in [6, 6.07) is 15.6. The minimum absolute atomic E-state index is 0.180. The van der Waals surface area contributed by atoms with Crippen LogP contribution in [0, 0.1) is 0 Å². The molecule has 0 bridgehead atoms. The predicted molar refractivity (Wildman–Crippen MR) is 82.4 cm³/mol. The first-order valence-corrected chi connectivity index (χ1v) is 7.03. The summed E-state index contributed by atoms with van der Waals surface area (Å²) in [5.41, 5.74) is 1.80. The number of alkyl carbamates (subject to hydrolysis) is 1. The molecule has 0 heterocycles. The zero-order valence-corrected chi connectivity index (χ0v) is 12.1. The molecule has 22 heavy (non-hydrogen) atoms. The van der Waals surface area contributed by atoms with Gasteiger partial charge in [0.25, 0.3) is 0 Å². The second-order valence-electron chi connectivity index (χ2n) is 4.96. The van der Waals surface area contributed by atoms with E-state index < -0.39 is 12.1 Å². The first kappa shape index (κ1) is 15.9. The molecule has 0 saturated carbocycles. The average molecular weight is 301 g/mol. The lowest BCUT2D eigenvalue weighted by molar-refractivity contribution is 0.129. The number of hydrogen-bond acceptors (Lipinski definition) is 4. The van der Waals surface area contributed by atoms with E-state index in [0.717, 1.165) is 11.1 Å². The number of nitrogens with one attached hydrogen (secondary N) is 1. The summed E-state index contributed by atoms with van der Waals surface area (Å²) >= 11 is 0. The van der Waals surface area contributed by atoms with Gasteiger partial charge in [0, 0.05) is 0 Å². The van der Waals surface area contributed by atoms with Gasteiger partial charge in [-0.05, 0) is 29.7 Å². The standard InChI is InChI=1S/C17H19NO4/c19-11-15(10-13-6-8-16(20)9-7-13)18-17(21)22-12-14-4-2-1-3-5-14/h1-9,15,19-20H,10-12H2,(H,18,21). The maximum atomic E-state index is 11.7. The summed E-state index contributed by atoms with van der Waals surface area (Å²) in [7, 11) is 0. The smallest absolute Gasteiger partial charge is 0.407 e. The number of aliphatic hydroxyl groups excluding tert-OH is 1. The van der Waals surface area contributed by atoms with Gasteiger partial charge < -0.3 is 20.3 Å². The lowest BCUT2D eigenvalue weighted by atomic mass is 10.1. The molecule has 0 aliphatic carbocycles. The van der Waals surface area contributed by atoms with Crippen LogP contribution in [0.3, 0.4) is 0 Å². The molecule has 1 unspecified atom stereocenters. The molecule has 2 aromatic carbocycles. The molecule has 0 saturated heterocycles. The minimum atomic E-state index is -0.568. The Kier molecular flexibility index (Phi) is 5.80. The molecule has 0 aliphatic rings. The largest absolute Gasteiger partial charge is 0.508 e. The van der Waals surface area contributed by atoms with Gasteiger partial charge in [0.2, 0.25) is 0 Å². The van der Waals surface area contributed by atoms with Gasteiger partial charge in [0.1, 0.15) is 12.4 Å². The number of aromatic hydroxyl groups is 1. The van der Waals surface area contributed by atoms with Crippen molar-refractivity contribution in [2.24, 2.45) is 0 Å². The molecule has 5 nitrogen and oxygen atoms in total. The Bertz CT molecular complexity index is 583. The number of carbonyl (C=O) groups excluding carboxylic acids is 1. The van der Waals surface area contributed by atoms with E-state index in [0.29, 0.717) is 6.42 Å². The topological polar surface area (TPSA) is 78.8 Å². The van der Waals surface area contributed by atoms with Gasteiger partial charge in [0.15, 0.2) is 0 Å². The molecule has 1 atom stereocenters. The number of amides is 1. The van der Waals surface area contributed by atoms with Gasteiger partial charge in [0.05, 0.1) is 12.6 Å². The summed E-state index contributed by atoms with van der Waals surface area (Å²) in [5.74, 6) is 0.180. The molecule has 0 aliphatic heterocycles. The Hall–Kier alpha value is -2.53. The number of aliphatic hydroxyl groups is 1. The first-order chi connectivity index (χ1) is 10.7. The van der Waals surface area contributed by atoms with Crippen molar-refractivity contribution in [3.8, 4) is 5.75 Å². The normalized spacial score (nSPS) is 11.7. The zero-order valence-electron chi connectivity index (χ0n) is 12.1. The van der Waals surface area contributed by atoms with E-state index in [4.69, 9.17) is 4.74 Å². The molecule has 3 N–H and O–H groups in total. The van der Waals surface area contributed by atoms with Crippen molar-refractivity contribution in [1.82, 2.24) is 5.32 Å². The number of rotatable bonds is 6. The molecule has 0 aromatic heterocycles. The molecular weight excluding hydrogens is 282 g/mol. The molecule has 2 aromatic rings. The number of phenols is 1. The van der Waals surface area contributed by atoms with E-state index in [1.165, 1.54) is 0 Å². The van der Waals surface area contributed by atoms with Gasteiger partial charge >= 0.3 is 6.09 Å². The van der Waals surface area contributed by atoms with E-state index in [9.17, 15) is 15.0 Å². The summed E-state index contributed by atoms with van der Waals surface area (Å²) in [5, 5.41) is 21.2. The van der Waals surface area contributed by atoms with E-state index >= 15 is 0 Å². The third-order valence-electron chi connectivity index (χ3n) is 3.17. The summed E-state index contributed by atoms with van der Waals surface area (Å²) in [4.78, 5) is 11.7. The summed E-state index contributed by atoms with van der Waals surface area (Å²) < 4.78 is 5.12. The van der Waals surface area contributed by atoms with Crippen LogP contribution in [0.15, 0.2) is 54.6 Å². The highest BCUT2D eigenvalue weighted by molar-refractivity contribution is 5.67. The highest BCUT2D eigenvalue weighted by Crippen LogP contribution is 2.11. The van der Waals surface area contributed by atoms with Gasteiger partial charge in [-0.15, -0.1) is 0 Å². The fraction of sp³-hybridized carbons (Fsp3) is 0.235. The van der Waals surface area contributed by atoms with Crippen molar-refractivity contribution in [1.29, 1.82) is 0 Å². The zero-order chi connectivity index (χ0) is 15.8. The highest BCUT2D eigenvalue weighted by Gasteiger charge is 2.13. The van der Waals surface area contributed by atoms with Crippen LogP contribution in [-0.4, -0.2) is 29.0 Å². The van der Waals surface area contributed by atoms with E-state index in [2.05, 4.69) is 5.32 Å². The molecule has 0 fully saturated rings. The number of phenolic OH excluding ortho intramolecular Hbond substituents is 1. The van der Waals surface area contributed by atoms with Crippen LogP contribution in [0.2, 0.25) is 0 Å². The molecule has 116 valence electrons. The number of hydrogen-bond donors (Lipinski definition) is 3. The quantitative estimate of drug-likeness (QED) is 0.764. The fourth-order valence-corrected chi connectivity index (χ4v) is 2.01. The Morgan fingerprint density at radius 3 is 2.36 bits per heavy atom. The van der Waals surface area contributed by atoms with E-state index in [1.54, 1.807) is 24.3 Å². The van der Waals surface area contributed by atoms with Crippen LogP contribution in [0.25, 0.3) is 0 Å². The van der Waals surface area contributed by atoms with Crippen LogP contribution in [0.1, 0.15) is 11.1 Å². The molecule has 0 spiro atoms. The molecule has 2 rings (SSSR count). The Labute approximate surface area is 129 Å². The van der Waals surface area contributed by atoms with Crippen molar-refractivity contribution in [3.63, 3.8) is 0 Å². The second kappa shape index (κ2) is 8.05. The monoisotopic (exact) mass is 301 g/mol. The van der Waals surface area contributed by atoms with Crippen LogP contribution < -0.4 is 5.32 Å². The third-order valence-corrected chi connectivity index (χ3v) is 3.17. The summed E-state index contributed by atoms with van der Waals surface area (Å²) in [6.07, 6.45) is -0.112. The van der Waals surface area contributed by atoms with Crippen molar-refractivity contribution >= 4 is 6.09 Å². The number of carbonyl (C=O) groups is 1. The number of ether oxygens (including phenoxy) is 1. The van der Waals surface area contributed by atoms with E-state index in [1.807, 2.05) is 30.3 Å². The van der Waals surface area contributed by atoms with Gasteiger partial charge in [-0.1, -0.05) is 42.5 Å². The SMILES string of the molecule is O=C(NC(CO)Cc1ccc(O)cc1)OCc1ccccc1. The maximum absolute atomic E-state index is 11.7. The first-order valence-electron chi connectivity index (χ1n) is 7.03. The maximum Gasteiger partial charge on any atom is 0.407 e. The second-order valence-corrected chi connectivity index (χ2v) is 4.96. The third kappa shape index (κ3) is 5.10.